The van der Waals surface area contributed by atoms with Gasteiger partial charge in [0.25, 0.3) is 5.91 Å². The van der Waals surface area contributed by atoms with Crippen LogP contribution < -0.4 is 0 Å². The molecule has 0 bridgehead atoms. The Bertz CT molecular complexity index is 404. The van der Waals surface area contributed by atoms with E-state index in [0.717, 1.165) is 24.3 Å². The first-order valence-electron chi connectivity index (χ1n) is 6.59. The van der Waals surface area contributed by atoms with Gasteiger partial charge >= 0.3 is 0 Å². The second-order valence-electron chi connectivity index (χ2n) is 5.09. The molecular formula is C14H20BrNOS. The summed E-state index contributed by atoms with van der Waals surface area (Å²) >= 11 is 5.20. The van der Waals surface area contributed by atoms with Crippen LogP contribution in [0.5, 0.6) is 0 Å². The molecule has 1 atom stereocenters. The molecule has 1 aliphatic carbocycles. The fourth-order valence-corrected chi connectivity index (χ4v) is 4.10. The Kier molecular flexibility index (Phi) is 4.84. The zero-order valence-corrected chi connectivity index (χ0v) is 13.4. The van der Waals surface area contributed by atoms with Gasteiger partial charge in [-0.3, -0.25) is 4.79 Å². The van der Waals surface area contributed by atoms with Crippen molar-refractivity contribution in [3.8, 4) is 0 Å². The fraction of sp³-hybridized carbons (Fsp3) is 0.643. The van der Waals surface area contributed by atoms with Gasteiger partial charge in [0.15, 0.2) is 0 Å². The number of alkyl halides is 1. The van der Waals surface area contributed by atoms with Crippen molar-refractivity contribution >= 4 is 33.2 Å². The molecule has 2 rings (SSSR count). The van der Waals surface area contributed by atoms with Crippen molar-refractivity contribution in [1.29, 1.82) is 0 Å². The van der Waals surface area contributed by atoms with Crippen LogP contribution in [0.15, 0.2) is 6.07 Å². The summed E-state index contributed by atoms with van der Waals surface area (Å²) in [6.07, 6.45) is 6.18. The largest absolute Gasteiger partial charge is 0.340 e. The van der Waals surface area contributed by atoms with E-state index in [1.807, 2.05) is 11.9 Å². The molecule has 1 aromatic rings. The lowest BCUT2D eigenvalue weighted by atomic mass is 10.1. The second-order valence-corrected chi connectivity index (χ2v) is 7.79. The van der Waals surface area contributed by atoms with Crippen molar-refractivity contribution in [2.24, 2.45) is 0 Å². The molecule has 0 N–H and O–H groups in total. The number of nitrogens with zero attached hydrogens (tertiary/aromatic N) is 1. The van der Waals surface area contributed by atoms with Gasteiger partial charge in [-0.15, -0.1) is 11.3 Å². The summed E-state index contributed by atoms with van der Waals surface area (Å²) in [6, 6.07) is 2.13. The average Bonchev–Trinajstić information content (AvgIpc) is 2.59. The highest BCUT2D eigenvalue weighted by Crippen LogP contribution is 2.29. The van der Waals surface area contributed by atoms with Crippen molar-refractivity contribution < 1.29 is 4.79 Å². The smallest absolute Gasteiger partial charge is 0.263 e. The van der Waals surface area contributed by atoms with Gasteiger partial charge in [-0.2, -0.15) is 0 Å². The van der Waals surface area contributed by atoms with E-state index < -0.39 is 0 Å². The summed E-state index contributed by atoms with van der Waals surface area (Å²) in [5.41, 5.74) is 1.42. The number of halogens is 1. The number of fused-ring (bicyclic) bond motifs is 1. The first-order chi connectivity index (χ1) is 8.58. The van der Waals surface area contributed by atoms with Crippen molar-refractivity contribution in [1.82, 2.24) is 4.90 Å². The summed E-state index contributed by atoms with van der Waals surface area (Å²) < 4.78 is 0. The van der Waals surface area contributed by atoms with Crippen molar-refractivity contribution in [2.45, 2.75) is 43.9 Å². The maximum atomic E-state index is 12.3. The number of hydrogen-bond acceptors (Lipinski definition) is 2. The van der Waals surface area contributed by atoms with Crippen LogP contribution in [0.2, 0.25) is 0 Å². The maximum absolute atomic E-state index is 12.3. The molecule has 0 aliphatic heterocycles. The second kappa shape index (κ2) is 6.20. The molecule has 18 heavy (non-hydrogen) atoms. The van der Waals surface area contributed by atoms with Crippen molar-refractivity contribution in [2.75, 3.05) is 13.6 Å². The van der Waals surface area contributed by atoms with E-state index in [9.17, 15) is 4.79 Å². The first-order valence-corrected chi connectivity index (χ1v) is 8.32. The minimum atomic E-state index is 0.166. The predicted octanol–water partition coefficient (Wildman–Crippen LogP) is 3.87. The Morgan fingerprint density at radius 3 is 2.89 bits per heavy atom. The minimum Gasteiger partial charge on any atom is -0.340 e. The van der Waals surface area contributed by atoms with E-state index in [2.05, 4.69) is 28.9 Å². The molecule has 0 aromatic carbocycles. The summed E-state index contributed by atoms with van der Waals surface area (Å²) in [4.78, 5) is 16.8. The zero-order valence-electron chi connectivity index (χ0n) is 11.0. The Hall–Kier alpha value is -0.350. The molecule has 1 aliphatic rings. The van der Waals surface area contributed by atoms with E-state index in [1.54, 1.807) is 11.3 Å². The molecule has 4 heteroatoms. The maximum Gasteiger partial charge on any atom is 0.263 e. The number of thiophene rings is 1. The van der Waals surface area contributed by atoms with Gasteiger partial charge in [0.05, 0.1) is 4.88 Å². The fourth-order valence-electron chi connectivity index (χ4n) is 2.42. The average molecular weight is 330 g/mol. The Morgan fingerprint density at radius 1 is 1.44 bits per heavy atom. The van der Waals surface area contributed by atoms with E-state index in [0.29, 0.717) is 4.83 Å². The quantitative estimate of drug-likeness (QED) is 0.608. The van der Waals surface area contributed by atoms with Crippen LogP contribution in [-0.2, 0) is 12.8 Å². The normalized spacial score (nSPS) is 16.8. The number of hydrogen-bond donors (Lipinski definition) is 0. The minimum absolute atomic E-state index is 0.166. The predicted molar refractivity (Wildman–Crippen MR) is 80.9 cm³/mol. The van der Waals surface area contributed by atoms with Crippen LogP contribution in [0.3, 0.4) is 0 Å². The zero-order chi connectivity index (χ0) is 13.1. The van der Waals surface area contributed by atoms with Gasteiger partial charge in [-0.05, 0) is 37.3 Å². The van der Waals surface area contributed by atoms with Crippen LogP contribution in [0.4, 0.5) is 0 Å². The third-order valence-electron chi connectivity index (χ3n) is 3.33. The highest BCUT2D eigenvalue weighted by atomic mass is 79.9. The molecule has 1 heterocycles. The molecule has 0 saturated heterocycles. The van der Waals surface area contributed by atoms with Gasteiger partial charge in [-0.1, -0.05) is 29.3 Å². The number of carbonyl (C=O) groups is 1. The van der Waals surface area contributed by atoms with E-state index in [4.69, 9.17) is 0 Å². The van der Waals surface area contributed by atoms with Gasteiger partial charge < -0.3 is 4.90 Å². The van der Waals surface area contributed by atoms with Crippen LogP contribution >= 0.6 is 27.3 Å². The van der Waals surface area contributed by atoms with E-state index >= 15 is 0 Å². The summed E-state index contributed by atoms with van der Waals surface area (Å²) in [5.74, 6) is 0.166. The molecule has 0 radical (unpaired) electrons. The molecule has 100 valence electrons. The molecular weight excluding hydrogens is 310 g/mol. The number of aryl methyl sites for hydroxylation is 2. The lowest BCUT2D eigenvalue weighted by molar-refractivity contribution is 0.0802. The summed E-state index contributed by atoms with van der Waals surface area (Å²) in [6.45, 7) is 2.81. The highest BCUT2D eigenvalue weighted by Gasteiger charge is 2.19. The van der Waals surface area contributed by atoms with Crippen LogP contribution in [-0.4, -0.2) is 29.2 Å². The third kappa shape index (κ3) is 3.35. The lowest BCUT2D eigenvalue weighted by Gasteiger charge is -2.17. The van der Waals surface area contributed by atoms with Gasteiger partial charge in [0.1, 0.15) is 0 Å². The van der Waals surface area contributed by atoms with E-state index in [1.165, 1.54) is 29.7 Å². The number of amides is 1. The molecule has 0 fully saturated rings. The van der Waals surface area contributed by atoms with Gasteiger partial charge in [0, 0.05) is 23.3 Å². The van der Waals surface area contributed by atoms with Crippen LogP contribution in [0.1, 0.15) is 46.3 Å². The van der Waals surface area contributed by atoms with E-state index in [-0.39, 0.29) is 5.91 Å². The molecule has 0 spiro atoms. The molecule has 0 saturated carbocycles. The number of carbonyl (C=O) groups excluding carboxylic acids is 1. The van der Waals surface area contributed by atoms with Crippen LogP contribution in [0, 0.1) is 0 Å². The topological polar surface area (TPSA) is 20.3 Å². The van der Waals surface area contributed by atoms with Crippen LogP contribution in [0.25, 0.3) is 0 Å². The summed E-state index contributed by atoms with van der Waals surface area (Å²) in [5, 5.41) is 0. The standard InChI is InChI=1S/C14H20BrNOS/c1-10(15)9-16(2)14(17)13-8-11-6-4-3-5-7-12(11)18-13/h8,10H,3-7,9H2,1-2H3. The molecule has 2 nitrogen and oxygen atoms in total. The third-order valence-corrected chi connectivity index (χ3v) is 4.84. The Balaban J connectivity index is 2.11. The highest BCUT2D eigenvalue weighted by molar-refractivity contribution is 9.09. The molecule has 1 unspecified atom stereocenters. The van der Waals surface area contributed by atoms with Crippen molar-refractivity contribution in [3.05, 3.63) is 21.4 Å². The monoisotopic (exact) mass is 329 g/mol. The van der Waals surface area contributed by atoms with Gasteiger partial charge in [-0.25, -0.2) is 0 Å². The van der Waals surface area contributed by atoms with Crippen molar-refractivity contribution in [3.63, 3.8) is 0 Å². The van der Waals surface area contributed by atoms with Gasteiger partial charge in [0.2, 0.25) is 0 Å². The first kappa shape index (κ1) is 14.1. The Labute approximate surface area is 122 Å². The Morgan fingerprint density at radius 2 is 2.17 bits per heavy atom. The number of rotatable bonds is 3. The summed E-state index contributed by atoms with van der Waals surface area (Å²) in [7, 11) is 1.88. The molecule has 1 aromatic heterocycles. The SMILES string of the molecule is CC(Br)CN(C)C(=O)c1cc2c(s1)CCCCC2. The molecule has 1 amide bonds. The lowest BCUT2D eigenvalue weighted by Crippen LogP contribution is -2.30.